The lowest BCUT2D eigenvalue weighted by Crippen LogP contribution is -2.56. The zero-order chi connectivity index (χ0) is 23.6. The van der Waals surface area contributed by atoms with Crippen molar-refractivity contribution >= 4 is 27.6 Å². The molecule has 0 atom stereocenters. The van der Waals surface area contributed by atoms with Crippen molar-refractivity contribution in [1.82, 2.24) is 5.32 Å². The molecule has 0 unspecified atom stereocenters. The Morgan fingerprint density at radius 1 is 1.03 bits per heavy atom. The Hall–Kier alpha value is -3.07. The second-order valence-electron chi connectivity index (χ2n) is 8.41. The highest BCUT2D eigenvalue weighted by Crippen LogP contribution is 2.35. The van der Waals surface area contributed by atoms with Crippen molar-refractivity contribution in [2.75, 3.05) is 25.1 Å². The van der Waals surface area contributed by atoms with Crippen LogP contribution in [-0.2, 0) is 26.0 Å². The van der Waals surface area contributed by atoms with Crippen molar-refractivity contribution in [3.05, 3.63) is 53.6 Å². The molecule has 9 heteroatoms. The van der Waals surface area contributed by atoms with E-state index in [9.17, 15) is 18.0 Å². The molecular weight excluding hydrogens is 444 g/mol. The van der Waals surface area contributed by atoms with Crippen LogP contribution < -0.4 is 14.4 Å². The molecule has 2 aromatic carbocycles. The summed E-state index contributed by atoms with van der Waals surface area (Å²) in [6.07, 6.45) is 4.11. The van der Waals surface area contributed by atoms with E-state index in [1.807, 2.05) is 12.1 Å². The summed E-state index contributed by atoms with van der Waals surface area (Å²) in [5, 5.41) is 2.84. The molecule has 1 saturated carbocycles. The molecule has 1 aliphatic carbocycles. The van der Waals surface area contributed by atoms with Crippen LogP contribution in [0.25, 0.3) is 0 Å². The van der Waals surface area contributed by atoms with Crippen LogP contribution in [0.1, 0.15) is 48.0 Å². The molecule has 8 nitrogen and oxygen atoms in total. The van der Waals surface area contributed by atoms with Crippen LogP contribution in [-0.4, -0.2) is 46.6 Å². The summed E-state index contributed by atoms with van der Waals surface area (Å²) >= 11 is 0. The van der Waals surface area contributed by atoms with Gasteiger partial charge in [-0.25, -0.2) is 13.2 Å². The van der Waals surface area contributed by atoms with Crippen LogP contribution in [0.5, 0.6) is 5.75 Å². The maximum absolute atomic E-state index is 13.5. The van der Waals surface area contributed by atoms with Crippen LogP contribution in [0.3, 0.4) is 0 Å². The van der Waals surface area contributed by atoms with Gasteiger partial charge in [-0.3, -0.25) is 9.10 Å². The Morgan fingerprint density at radius 2 is 1.76 bits per heavy atom. The number of ether oxygens (including phenoxy) is 2. The molecule has 0 bridgehead atoms. The number of esters is 1. The normalized spacial score (nSPS) is 17.2. The van der Waals surface area contributed by atoms with E-state index < -0.39 is 27.4 Å². The lowest BCUT2D eigenvalue weighted by molar-refractivity contribution is -0.149. The first kappa shape index (κ1) is 23.1. The van der Waals surface area contributed by atoms with Gasteiger partial charge in [-0.05, 0) is 49.1 Å². The number of methoxy groups -OCH3 is 2. The molecule has 0 aromatic heterocycles. The molecule has 1 aliphatic heterocycles. The largest absolute Gasteiger partial charge is 0.496 e. The minimum absolute atomic E-state index is 0.0130. The summed E-state index contributed by atoms with van der Waals surface area (Å²) in [5.41, 5.74) is 0.536. The Bertz CT molecular complexity index is 1170. The van der Waals surface area contributed by atoms with Crippen LogP contribution >= 0.6 is 0 Å². The number of amides is 1. The summed E-state index contributed by atoms with van der Waals surface area (Å²) < 4.78 is 38.6. The van der Waals surface area contributed by atoms with Gasteiger partial charge in [0, 0.05) is 6.54 Å². The molecule has 0 radical (unpaired) electrons. The number of nitrogens with one attached hydrogen (secondary N) is 1. The third kappa shape index (κ3) is 4.17. The third-order valence-corrected chi connectivity index (χ3v) is 8.29. The second kappa shape index (κ2) is 9.05. The fourth-order valence-electron chi connectivity index (χ4n) is 4.73. The molecule has 176 valence electrons. The number of para-hydroxylation sites is 1. The van der Waals surface area contributed by atoms with Crippen LogP contribution in [0, 0.1) is 0 Å². The highest BCUT2D eigenvalue weighted by Gasteiger charge is 2.42. The average molecular weight is 473 g/mol. The number of nitrogens with zero attached hydrogens (tertiary/aromatic N) is 1. The number of benzene rings is 2. The van der Waals surface area contributed by atoms with Gasteiger partial charge in [-0.2, -0.15) is 0 Å². The molecule has 1 heterocycles. The zero-order valence-electron chi connectivity index (χ0n) is 18.8. The number of hydrogen-bond acceptors (Lipinski definition) is 6. The maximum Gasteiger partial charge on any atom is 0.331 e. The summed E-state index contributed by atoms with van der Waals surface area (Å²) in [6, 6.07) is 11.6. The first-order chi connectivity index (χ1) is 15.8. The van der Waals surface area contributed by atoms with Gasteiger partial charge in [0.05, 0.1) is 30.4 Å². The molecule has 1 amide bonds. The van der Waals surface area contributed by atoms with E-state index >= 15 is 0 Å². The monoisotopic (exact) mass is 472 g/mol. The fraction of sp³-hybridized carbons (Fsp3) is 0.417. The maximum atomic E-state index is 13.5. The van der Waals surface area contributed by atoms with Gasteiger partial charge in [-0.15, -0.1) is 0 Å². The Kier molecular flexibility index (Phi) is 6.34. The number of sulfonamides is 1. The van der Waals surface area contributed by atoms with Gasteiger partial charge >= 0.3 is 5.97 Å². The van der Waals surface area contributed by atoms with E-state index in [4.69, 9.17) is 9.47 Å². The number of rotatable bonds is 6. The lowest BCUT2D eigenvalue weighted by atomic mass is 9.81. The first-order valence-electron chi connectivity index (χ1n) is 11.0. The van der Waals surface area contributed by atoms with Gasteiger partial charge in [0.2, 0.25) is 0 Å². The highest BCUT2D eigenvalue weighted by molar-refractivity contribution is 7.92. The van der Waals surface area contributed by atoms with Crippen molar-refractivity contribution in [1.29, 1.82) is 0 Å². The predicted molar refractivity (Wildman–Crippen MR) is 123 cm³/mol. The van der Waals surface area contributed by atoms with E-state index in [0.717, 1.165) is 24.8 Å². The molecule has 0 saturated heterocycles. The SMILES string of the molecule is COC(=O)C1(NC(=O)c2cc(S(=O)(=O)N3CCc4ccccc43)ccc2OC)CCCCC1. The topological polar surface area (TPSA) is 102 Å². The van der Waals surface area contributed by atoms with E-state index in [1.54, 1.807) is 12.1 Å². The van der Waals surface area contributed by atoms with Gasteiger partial charge in [0.25, 0.3) is 15.9 Å². The number of anilines is 1. The zero-order valence-corrected chi connectivity index (χ0v) is 19.6. The summed E-state index contributed by atoms with van der Waals surface area (Å²) in [4.78, 5) is 25.9. The minimum Gasteiger partial charge on any atom is -0.496 e. The second-order valence-corrected chi connectivity index (χ2v) is 10.3. The van der Waals surface area contributed by atoms with Crippen LogP contribution in [0.15, 0.2) is 47.4 Å². The average Bonchev–Trinajstić information content (AvgIpc) is 3.28. The summed E-state index contributed by atoms with van der Waals surface area (Å²) in [7, 11) is -1.19. The van der Waals surface area contributed by atoms with Crippen molar-refractivity contribution in [2.45, 2.75) is 49.0 Å². The van der Waals surface area contributed by atoms with E-state index in [2.05, 4.69) is 5.32 Å². The molecule has 2 aliphatic rings. The highest BCUT2D eigenvalue weighted by atomic mass is 32.2. The van der Waals surface area contributed by atoms with Gasteiger partial charge in [0.15, 0.2) is 0 Å². The number of carbonyl (C=O) groups excluding carboxylic acids is 2. The lowest BCUT2D eigenvalue weighted by Gasteiger charge is -2.35. The Labute approximate surface area is 193 Å². The fourth-order valence-corrected chi connectivity index (χ4v) is 6.26. The van der Waals surface area contributed by atoms with E-state index in [0.29, 0.717) is 31.5 Å². The van der Waals surface area contributed by atoms with Gasteiger partial charge < -0.3 is 14.8 Å². The summed E-state index contributed by atoms with van der Waals surface area (Å²) in [5.74, 6) is -0.839. The van der Waals surface area contributed by atoms with Crippen molar-refractivity contribution in [3.63, 3.8) is 0 Å². The molecule has 33 heavy (non-hydrogen) atoms. The Balaban J connectivity index is 1.69. The van der Waals surface area contributed by atoms with Crippen molar-refractivity contribution < 1.29 is 27.5 Å². The Morgan fingerprint density at radius 3 is 2.45 bits per heavy atom. The molecular formula is C24H28N2O6S. The summed E-state index contributed by atoms with van der Waals surface area (Å²) in [6.45, 7) is 0.334. The first-order valence-corrected chi connectivity index (χ1v) is 12.5. The van der Waals surface area contributed by atoms with Crippen molar-refractivity contribution in [3.8, 4) is 5.75 Å². The number of carbonyl (C=O) groups is 2. The van der Waals surface area contributed by atoms with E-state index in [-0.39, 0.29) is 16.2 Å². The van der Waals surface area contributed by atoms with Gasteiger partial charge in [-0.1, -0.05) is 37.5 Å². The smallest absolute Gasteiger partial charge is 0.331 e. The van der Waals surface area contributed by atoms with Crippen LogP contribution in [0.4, 0.5) is 5.69 Å². The van der Waals surface area contributed by atoms with Crippen molar-refractivity contribution in [2.24, 2.45) is 0 Å². The standard InChI is InChI=1S/C24H28N2O6S/c1-31-21-11-10-18(33(29,30)26-15-12-17-8-4-5-9-20(17)26)16-19(21)22(27)25-24(23(28)32-2)13-6-3-7-14-24/h4-5,8-11,16H,3,6-7,12-15H2,1-2H3,(H,25,27). The molecule has 1 fully saturated rings. The third-order valence-electron chi connectivity index (χ3n) is 6.48. The van der Waals surface area contributed by atoms with E-state index in [1.165, 1.54) is 36.7 Å². The number of hydrogen-bond donors (Lipinski definition) is 1. The van der Waals surface area contributed by atoms with Crippen LogP contribution in [0.2, 0.25) is 0 Å². The number of fused-ring (bicyclic) bond motifs is 1. The molecule has 4 rings (SSSR count). The minimum atomic E-state index is -3.90. The molecule has 0 spiro atoms. The quantitative estimate of drug-likeness (QED) is 0.649. The predicted octanol–water partition coefficient (Wildman–Crippen LogP) is 3.05. The molecule has 2 aromatic rings. The van der Waals surface area contributed by atoms with Gasteiger partial charge in [0.1, 0.15) is 11.3 Å². The molecule has 1 N–H and O–H groups in total.